The fourth-order valence-corrected chi connectivity index (χ4v) is 2.68. The van der Waals surface area contributed by atoms with Crippen molar-refractivity contribution in [3.63, 3.8) is 0 Å². The van der Waals surface area contributed by atoms with Gasteiger partial charge in [-0.05, 0) is 36.4 Å². The summed E-state index contributed by atoms with van der Waals surface area (Å²) in [7, 11) is 0. The minimum absolute atomic E-state index is 0.177. The maximum atomic E-state index is 12.1. The van der Waals surface area contributed by atoms with Crippen molar-refractivity contribution in [1.29, 1.82) is 0 Å². The van der Waals surface area contributed by atoms with Gasteiger partial charge in [0.05, 0.1) is 11.4 Å². The molecule has 0 spiro atoms. The molecule has 0 atom stereocenters. The molecule has 0 radical (unpaired) electrons. The molecule has 7 nitrogen and oxygen atoms in total. The van der Waals surface area contributed by atoms with Crippen molar-refractivity contribution >= 4 is 23.0 Å². The molecule has 0 bridgehead atoms. The van der Waals surface area contributed by atoms with Crippen LogP contribution in [0.3, 0.4) is 0 Å². The summed E-state index contributed by atoms with van der Waals surface area (Å²) in [5, 5.41) is 14.1. The lowest BCUT2D eigenvalue weighted by molar-refractivity contribution is 0.171. The molecule has 8 heteroatoms. The SMILES string of the molecule is O=c1[nH][nH]c(-c2ccc3c(c2)OCCO3)c1N=Nc1cccc(Cl)c1. The van der Waals surface area contributed by atoms with Gasteiger partial charge < -0.3 is 9.47 Å². The first-order valence-corrected chi connectivity index (χ1v) is 7.96. The van der Waals surface area contributed by atoms with Crippen LogP contribution in [0, 0.1) is 0 Å². The number of halogens is 1. The monoisotopic (exact) mass is 356 g/mol. The van der Waals surface area contributed by atoms with E-state index in [1.165, 1.54) is 0 Å². The van der Waals surface area contributed by atoms with Crippen LogP contribution in [0.15, 0.2) is 57.5 Å². The highest BCUT2D eigenvalue weighted by Gasteiger charge is 2.16. The number of hydrogen-bond donors (Lipinski definition) is 2. The Bertz CT molecular complexity index is 1010. The molecule has 2 aromatic carbocycles. The number of rotatable bonds is 3. The smallest absolute Gasteiger partial charge is 0.292 e. The average molecular weight is 357 g/mol. The molecule has 4 rings (SSSR count). The molecule has 25 heavy (non-hydrogen) atoms. The van der Waals surface area contributed by atoms with Crippen molar-refractivity contribution in [2.24, 2.45) is 10.2 Å². The van der Waals surface area contributed by atoms with Crippen LogP contribution in [0.5, 0.6) is 11.5 Å². The zero-order valence-corrected chi connectivity index (χ0v) is 13.7. The lowest BCUT2D eigenvalue weighted by Gasteiger charge is -2.18. The predicted octanol–water partition coefficient (Wildman–Crippen LogP) is 4.21. The van der Waals surface area contributed by atoms with Crippen LogP contribution in [-0.4, -0.2) is 23.4 Å². The number of benzene rings is 2. The molecule has 2 N–H and O–H groups in total. The molecular weight excluding hydrogens is 344 g/mol. The van der Waals surface area contributed by atoms with Crippen LogP contribution in [0.4, 0.5) is 11.4 Å². The zero-order valence-electron chi connectivity index (χ0n) is 13.0. The molecule has 2 heterocycles. The highest BCUT2D eigenvalue weighted by Crippen LogP contribution is 2.36. The van der Waals surface area contributed by atoms with Gasteiger partial charge in [0.25, 0.3) is 5.56 Å². The first-order valence-electron chi connectivity index (χ1n) is 7.59. The van der Waals surface area contributed by atoms with Crippen LogP contribution in [-0.2, 0) is 0 Å². The number of aromatic nitrogens is 2. The van der Waals surface area contributed by atoms with Crippen LogP contribution >= 0.6 is 11.6 Å². The van der Waals surface area contributed by atoms with E-state index in [0.29, 0.717) is 41.1 Å². The van der Waals surface area contributed by atoms with Gasteiger partial charge in [0.15, 0.2) is 17.2 Å². The summed E-state index contributed by atoms with van der Waals surface area (Å²) >= 11 is 5.93. The lowest BCUT2D eigenvalue weighted by atomic mass is 10.1. The van der Waals surface area contributed by atoms with Gasteiger partial charge in [-0.1, -0.05) is 17.7 Å². The minimum atomic E-state index is -0.365. The number of nitrogens with one attached hydrogen (secondary N) is 2. The van der Waals surface area contributed by atoms with Crippen molar-refractivity contribution in [2.45, 2.75) is 0 Å². The number of nitrogens with zero attached hydrogens (tertiary/aromatic N) is 2. The Morgan fingerprint density at radius 2 is 1.80 bits per heavy atom. The maximum Gasteiger partial charge on any atom is 0.292 e. The summed E-state index contributed by atoms with van der Waals surface area (Å²) in [6, 6.07) is 12.3. The molecule has 126 valence electrons. The summed E-state index contributed by atoms with van der Waals surface area (Å²) in [4.78, 5) is 12.1. The summed E-state index contributed by atoms with van der Waals surface area (Å²) in [5.41, 5.74) is 1.63. The normalized spacial score (nSPS) is 13.3. The highest BCUT2D eigenvalue weighted by atomic mass is 35.5. The first kappa shape index (κ1) is 15.5. The van der Waals surface area contributed by atoms with Crippen molar-refractivity contribution in [3.8, 4) is 22.8 Å². The molecule has 0 aliphatic carbocycles. The summed E-state index contributed by atoms with van der Waals surface area (Å²) in [6.45, 7) is 1.01. The number of ether oxygens (including phenoxy) is 2. The number of H-pyrrole nitrogens is 2. The topological polar surface area (TPSA) is 91.8 Å². The van der Waals surface area contributed by atoms with Crippen LogP contribution in [0.25, 0.3) is 11.3 Å². The van der Waals surface area contributed by atoms with Gasteiger partial charge in [-0.3, -0.25) is 15.0 Å². The van der Waals surface area contributed by atoms with E-state index in [1.807, 2.05) is 6.07 Å². The largest absolute Gasteiger partial charge is 0.486 e. The molecule has 1 aromatic heterocycles. The Morgan fingerprint density at radius 3 is 2.64 bits per heavy atom. The molecule has 0 unspecified atom stereocenters. The van der Waals surface area contributed by atoms with E-state index in [9.17, 15) is 4.79 Å². The number of azo groups is 1. The Labute approximate surface area is 147 Å². The van der Waals surface area contributed by atoms with Gasteiger partial charge in [-0.25, -0.2) is 0 Å². The second-order valence-corrected chi connectivity index (χ2v) is 5.78. The van der Waals surface area contributed by atoms with Gasteiger partial charge in [-0.2, -0.15) is 5.11 Å². The standard InChI is InChI=1S/C17H13ClN4O3/c18-11-2-1-3-12(9-11)19-21-16-15(20-22-17(16)23)10-4-5-13-14(8-10)25-7-6-24-13/h1-5,8-9H,6-7H2,(H2,20,22,23). The number of aromatic amines is 2. The Kier molecular flexibility index (Phi) is 3.99. The Morgan fingerprint density at radius 1 is 0.960 bits per heavy atom. The lowest BCUT2D eigenvalue weighted by Crippen LogP contribution is -2.15. The second-order valence-electron chi connectivity index (χ2n) is 5.34. The van der Waals surface area contributed by atoms with Gasteiger partial charge in [-0.15, -0.1) is 5.11 Å². The van der Waals surface area contributed by atoms with E-state index in [1.54, 1.807) is 36.4 Å². The molecule has 0 saturated heterocycles. The van der Waals surface area contributed by atoms with Gasteiger partial charge >= 0.3 is 0 Å². The quantitative estimate of drug-likeness (QED) is 0.688. The third kappa shape index (κ3) is 3.14. The molecule has 1 aliphatic heterocycles. The number of hydrogen-bond acceptors (Lipinski definition) is 5. The van der Waals surface area contributed by atoms with E-state index in [0.717, 1.165) is 5.56 Å². The Balaban J connectivity index is 1.71. The Hall–Kier alpha value is -3.06. The van der Waals surface area contributed by atoms with Gasteiger partial charge in [0.1, 0.15) is 13.2 Å². The maximum absolute atomic E-state index is 12.1. The van der Waals surface area contributed by atoms with E-state index in [4.69, 9.17) is 21.1 Å². The summed E-state index contributed by atoms with van der Waals surface area (Å²) in [6.07, 6.45) is 0. The third-order valence-corrected chi connectivity index (χ3v) is 3.89. The van der Waals surface area contributed by atoms with Crippen LogP contribution < -0.4 is 15.0 Å². The molecule has 0 amide bonds. The predicted molar refractivity (Wildman–Crippen MR) is 93.5 cm³/mol. The van der Waals surface area contributed by atoms with E-state index < -0.39 is 0 Å². The van der Waals surface area contributed by atoms with Gasteiger partial charge in [0, 0.05) is 10.6 Å². The van der Waals surface area contributed by atoms with Crippen molar-refractivity contribution in [3.05, 3.63) is 57.8 Å². The zero-order chi connectivity index (χ0) is 17.2. The van der Waals surface area contributed by atoms with Crippen molar-refractivity contribution in [2.75, 3.05) is 13.2 Å². The van der Waals surface area contributed by atoms with Crippen molar-refractivity contribution < 1.29 is 9.47 Å². The summed E-state index contributed by atoms with van der Waals surface area (Å²) < 4.78 is 11.1. The molecular formula is C17H13ClN4O3. The van der Waals surface area contributed by atoms with E-state index >= 15 is 0 Å². The number of fused-ring (bicyclic) bond motifs is 1. The third-order valence-electron chi connectivity index (χ3n) is 3.66. The molecule has 3 aromatic rings. The van der Waals surface area contributed by atoms with E-state index in [2.05, 4.69) is 20.4 Å². The molecule has 0 fully saturated rings. The van der Waals surface area contributed by atoms with Gasteiger partial charge in [0.2, 0.25) is 0 Å². The highest BCUT2D eigenvalue weighted by molar-refractivity contribution is 6.30. The molecule has 1 aliphatic rings. The fraction of sp³-hybridized carbons (Fsp3) is 0.118. The first-order chi connectivity index (χ1) is 12.2. The fourth-order valence-electron chi connectivity index (χ4n) is 2.50. The van der Waals surface area contributed by atoms with Crippen molar-refractivity contribution in [1.82, 2.24) is 10.2 Å². The second kappa shape index (κ2) is 6.45. The summed E-state index contributed by atoms with van der Waals surface area (Å²) in [5.74, 6) is 1.30. The average Bonchev–Trinajstić information content (AvgIpc) is 3.00. The minimum Gasteiger partial charge on any atom is -0.486 e. The van der Waals surface area contributed by atoms with E-state index in [-0.39, 0.29) is 11.2 Å². The van der Waals surface area contributed by atoms with Crippen LogP contribution in [0.1, 0.15) is 0 Å². The molecule has 0 saturated carbocycles. The van der Waals surface area contributed by atoms with Crippen LogP contribution in [0.2, 0.25) is 5.02 Å².